The minimum absolute atomic E-state index is 0.0174. The van der Waals surface area contributed by atoms with E-state index in [2.05, 4.69) is 10.6 Å². The lowest BCUT2D eigenvalue weighted by Gasteiger charge is -2.18. The second-order valence-corrected chi connectivity index (χ2v) is 5.64. The number of aliphatic carboxylic acids is 1. The van der Waals surface area contributed by atoms with E-state index >= 15 is 0 Å². The zero-order valence-corrected chi connectivity index (χ0v) is 11.5. The number of amides is 2. The molecule has 3 N–H and O–H groups in total. The van der Waals surface area contributed by atoms with E-state index in [4.69, 9.17) is 5.11 Å². The Kier molecular flexibility index (Phi) is 4.92. The Labute approximate surface area is 113 Å². The second-order valence-electron chi connectivity index (χ2n) is 5.64. The summed E-state index contributed by atoms with van der Waals surface area (Å²) in [5, 5.41) is 14.1. The lowest BCUT2D eigenvalue weighted by Crippen LogP contribution is -2.35. The van der Waals surface area contributed by atoms with Gasteiger partial charge in [0.15, 0.2) is 0 Å². The highest BCUT2D eigenvalue weighted by Crippen LogP contribution is 2.12. The first-order valence-electron chi connectivity index (χ1n) is 6.12. The Balaban J connectivity index is 2.49. The number of benzene rings is 1. The molecular weight excluding hydrogens is 244 g/mol. The molecule has 0 spiro atoms. The van der Waals surface area contributed by atoms with Gasteiger partial charge in [-0.3, -0.25) is 4.79 Å². The van der Waals surface area contributed by atoms with Crippen molar-refractivity contribution in [2.24, 2.45) is 5.41 Å². The number of nitrogens with one attached hydrogen (secondary N) is 2. The number of urea groups is 1. The normalized spacial score (nSPS) is 10.9. The maximum absolute atomic E-state index is 11.6. The van der Waals surface area contributed by atoms with Gasteiger partial charge >= 0.3 is 12.0 Å². The summed E-state index contributed by atoms with van der Waals surface area (Å²) >= 11 is 0. The van der Waals surface area contributed by atoms with Crippen molar-refractivity contribution in [1.29, 1.82) is 0 Å². The van der Waals surface area contributed by atoms with Crippen molar-refractivity contribution in [3.8, 4) is 0 Å². The van der Waals surface area contributed by atoms with Gasteiger partial charge in [-0.1, -0.05) is 32.9 Å². The van der Waals surface area contributed by atoms with Crippen molar-refractivity contribution in [3.05, 3.63) is 29.8 Å². The standard InChI is InChI=1S/C14H20N2O3/c1-14(2,3)9-15-13(19)16-11-6-4-10(5-7-11)8-12(17)18/h4-7H,8-9H2,1-3H3,(H,17,18)(H2,15,16,19). The predicted octanol–water partition coefficient (Wildman–Crippen LogP) is 2.48. The lowest BCUT2D eigenvalue weighted by atomic mass is 9.97. The van der Waals surface area contributed by atoms with Crippen LogP contribution in [-0.2, 0) is 11.2 Å². The first-order valence-corrected chi connectivity index (χ1v) is 6.12. The maximum atomic E-state index is 11.6. The number of rotatable bonds is 4. The number of hydrogen-bond acceptors (Lipinski definition) is 2. The highest BCUT2D eigenvalue weighted by atomic mass is 16.4. The molecule has 0 bridgehead atoms. The van der Waals surface area contributed by atoms with Gasteiger partial charge < -0.3 is 15.7 Å². The van der Waals surface area contributed by atoms with E-state index in [-0.39, 0.29) is 17.9 Å². The van der Waals surface area contributed by atoms with Crippen LogP contribution in [-0.4, -0.2) is 23.7 Å². The van der Waals surface area contributed by atoms with Crippen LogP contribution in [0.25, 0.3) is 0 Å². The number of carboxylic acid groups (broad SMARTS) is 1. The van der Waals surface area contributed by atoms with Crippen LogP contribution < -0.4 is 10.6 Å². The van der Waals surface area contributed by atoms with Crippen molar-refractivity contribution in [2.45, 2.75) is 27.2 Å². The van der Waals surface area contributed by atoms with Crippen LogP contribution in [0, 0.1) is 5.41 Å². The molecule has 0 atom stereocenters. The second kappa shape index (κ2) is 6.22. The molecule has 0 fully saturated rings. The van der Waals surface area contributed by atoms with Gasteiger partial charge in [-0.15, -0.1) is 0 Å². The largest absolute Gasteiger partial charge is 0.481 e. The van der Waals surface area contributed by atoms with Gasteiger partial charge in [0.25, 0.3) is 0 Å². The Hall–Kier alpha value is -2.04. The van der Waals surface area contributed by atoms with E-state index in [0.29, 0.717) is 17.8 Å². The number of hydrogen-bond donors (Lipinski definition) is 3. The summed E-state index contributed by atoms with van der Waals surface area (Å²) in [6, 6.07) is 6.49. The summed E-state index contributed by atoms with van der Waals surface area (Å²) in [7, 11) is 0. The first kappa shape index (κ1) is 15.0. The highest BCUT2D eigenvalue weighted by Gasteiger charge is 2.11. The van der Waals surface area contributed by atoms with E-state index in [1.54, 1.807) is 24.3 Å². The van der Waals surface area contributed by atoms with Gasteiger partial charge in [-0.2, -0.15) is 0 Å². The van der Waals surface area contributed by atoms with Crippen LogP contribution in [0.4, 0.5) is 10.5 Å². The molecule has 5 nitrogen and oxygen atoms in total. The topological polar surface area (TPSA) is 78.4 Å². The van der Waals surface area contributed by atoms with E-state index in [1.165, 1.54) is 0 Å². The molecule has 0 aliphatic rings. The van der Waals surface area contributed by atoms with Gasteiger partial charge in [-0.05, 0) is 23.1 Å². The molecule has 0 radical (unpaired) electrons. The molecule has 0 saturated heterocycles. The van der Waals surface area contributed by atoms with Crippen molar-refractivity contribution >= 4 is 17.7 Å². The fraction of sp³-hybridized carbons (Fsp3) is 0.429. The highest BCUT2D eigenvalue weighted by molar-refractivity contribution is 5.89. The molecule has 19 heavy (non-hydrogen) atoms. The van der Waals surface area contributed by atoms with Gasteiger partial charge in [0, 0.05) is 12.2 Å². The average molecular weight is 264 g/mol. The minimum Gasteiger partial charge on any atom is -0.481 e. The van der Waals surface area contributed by atoms with E-state index in [0.717, 1.165) is 0 Å². The van der Waals surface area contributed by atoms with Crippen molar-refractivity contribution in [3.63, 3.8) is 0 Å². The molecule has 0 heterocycles. The monoisotopic (exact) mass is 264 g/mol. The number of carbonyl (C=O) groups excluding carboxylic acids is 1. The average Bonchev–Trinajstić information content (AvgIpc) is 2.28. The van der Waals surface area contributed by atoms with Crippen molar-refractivity contribution in [2.75, 3.05) is 11.9 Å². The molecule has 1 rings (SSSR count). The fourth-order valence-corrected chi connectivity index (χ4v) is 1.40. The quantitative estimate of drug-likeness (QED) is 0.781. The maximum Gasteiger partial charge on any atom is 0.319 e. The van der Waals surface area contributed by atoms with Crippen LogP contribution in [0.5, 0.6) is 0 Å². The summed E-state index contributed by atoms with van der Waals surface area (Å²) in [6.07, 6.45) is -0.0174. The lowest BCUT2D eigenvalue weighted by molar-refractivity contribution is -0.136. The van der Waals surface area contributed by atoms with Gasteiger partial charge in [0.05, 0.1) is 6.42 Å². The van der Waals surface area contributed by atoms with Gasteiger partial charge in [-0.25, -0.2) is 4.79 Å². The van der Waals surface area contributed by atoms with E-state index in [1.807, 2.05) is 20.8 Å². The predicted molar refractivity (Wildman–Crippen MR) is 74.3 cm³/mol. The third kappa shape index (κ3) is 6.45. The molecule has 104 valence electrons. The van der Waals surface area contributed by atoms with Crippen LogP contribution in [0.15, 0.2) is 24.3 Å². The smallest absolute Gasteiger partial charge is 0.319 e. The Morgan fingerprint density at radius 2 is 1.74 bits per heavy atom. The summed E-state index contributed by atoms with van der Waals surface area (Å²) < 4.78 is 0. The Bertz CT molecular complexity index is 447. The number of anilines is 1. The Morgan fingerprint density at radius 3 is 2.21 bits per heavy atom. The van der Waals surface area contributed by atoms with Crippen molar-refractivity contribution < 1.29 is 14.7 Å². The van der Waals surface area contributed by atoms with Crippen LogP contribution in [0.2, 0.25) is 0 Å². The molecule has 1 aromatic rings. The Morgan fingerprint density at radius 1 is 1.16 bits per heavy atom. The minimum atomic E-state index is -0.872. The summed E-state index contributed by atoms with van der Waals surface area (Å²) in [5.41, 5.74) is 1.37. The molecule has 0 aliphatic heterocycles. The molecule has 1 aromatic carbocycles. The van der Waals surface area contributed by atoms with E-state index < -0.39 is 5.97 Å². The SMILES string of the molecule is CC(C)(C)CNC(=O)Nc1ccc(CC(=O)O)cc1. The molecule has 5 heteroatoms. The third-order valence-corrected chi connectivity index (χ3v) is 2.35. The first-order chi connectivity index (χ1) is 8.76. The molecule has 0 aliphatic carbocycles. The van der Waals surface area contributed by atoms with Crippen LogP contribution >= 0.6 is 0 Å². The summed E-state index contributed by atoms with van der Waals surface area (Å²) in [5.74, 6) is -0.872. The third-order valence-electron chi connectivity index (χ3n) is 2.35. The molecule has 0 aromatic heterocycles. The molecule has 0 unspecified atom stereocenters. The summed E-state index contributed by atoms with van der Waals surface area (Å²) in [6.45, 7) is 6.69. The molecule has 0 saturated carbocycles. The van der Waals surface area contributed by atoms with E-state index in [9.17, 15) is 9.59 Å². The van der Waals surface area contributed by atoms with Crippen LogP contribution in [0.1, 0.15) is 26.3 Å². The summed E-state index contributed by atoms with van der Waals surface area (Å²) in [4.78, 5) is 22.1. The zero-order chi connectivity index (χ0) is 14.5. The van der Waals surface area contributed by atoms with Gasteiger partial charge in [0.2, 0.25) is 0 Å². The zero-order valence-electron chi connectivity index (χ0n) is 11.5. The number of carbonyl (C=O) groups is 2. The fourth-order valence-electron chi connectivity index (χ4n) is 1.40. The number of carboxylic acids is 1. The van der Waals surface area contributed by atoms with Crippen molar-refractivity contribution in [1.82, 2.24) is 5.32 Å². The van der Waals surface area contributed by atoms with Gasteiger partial charge in [0.1, 0.15) is 0 Å². The molecular formula is C14H20N2O3. The van der Waals surface area contributed by atoms with Crippen LogP contribution in [0.3, 0.4) is 0 Å². The molecule has 2 amide bonds.